The Morgan fingerprint density at radius 2 is 2.09 bits per heavy atom. The summed E-state index contributed by atoms with van der Waals surface area (Å²) in [5, 5.41) is 2.50. The van der Waals surface area contributed by atoms with Crippen molar-refractivity contribution in [2.45, 2.75) is 32.7 Å². The van der Waals surface area contributed by atoms with Gasteiger partial charge in [0, 0.05) is 25.8 Å². The van der Waals surface area contributed by atoms with Crippen LogP contribution in [0.25, 0.3) is 10.9 Å². The van der Waals surface area contributed by atoms with E-state index in [-0.39, 0.29) is 39.8 Å². The first-order valence-electron chi connectivity index (χ1n) is 10.4. The third-order valence-corrected chi connectivity index (χ3v) is 5.42. The number of alkyl halides is 3. The van der Waals surface area contributed by atoms with Crippen LogP contribution in [-0.2, 0) is 17.5 Å². The number of carbonyl (C=O) groups excluding carboxylic acids is 1. The number of nitrogens with one attached hydrogen (secondary N) is 2. The third-order valence-electron chi connectivity index (χ3n) is 5.42. The molecule has 0 bridgehead atoms. The predicted octanol–water partition coefficient (Wildman–Crippen LogP) is 3.26. The van der Waals surface area contributed by atoms with Gasteiger partial charge in [-0.05, 0) is 37.6 Å². The van der Waals surface area contributed by atoms with Crippen molar-refractivity contribution in [1.29, 1.82) is 0 Å². The van der Waals surface area contributed by atoms with Gasteiger partial charge in [0.25, 0.3) is 11.5 Å². The molecule has 1 aliphatic rings. The van der Waals surface area contributed by atoms with Gasteiger partial charge in [-0.1, -0.05) is 0 Å². The number of anilines is 1. The van der Waals surface area contributed by atoms with Crippen molar-refractivity contribution in [2.24, 2.45) is 0 Å². The Morgan fingerprint density at radius 1 is 1.32 bits per heavy atom. The molecule has 1 aliphatic heterocycles. The number of ether oxygens (including phenoxy) is 1. The Labute approximate surface area is 191 Å². The third kappa shape index (κ3) is 4.86. The van der Waals surface area contributed by atoms with E-state index in [1.54, 1.807) is 0 Å². The molecule has 3 heterocycles. The number of aromatic nitrogens is 3. The number of carbonyl (C=O) groups is 1. The summed E-state index contributed by atoms with van der Waals surface area (Å²) < 4.78 is 61.0. The minimum atomic E-state index is -4.72. The molecule has 1 saturated heterocycles. The van der Waals surface area contributed by atoms with Gasteiger partial charge in [-0.15, -0.1) is 0 Å². The molecule has 12 heteroatoms. The van der Waals surface area contributed by atoms with Crippen molar-refractivity contribution < 1.29 is 27.1 Å². The molecule has 34 heavy (non-hydrogen) atoms. The molecule has 0 unspecified atom stereocenters. The minimum absolute atomic E-state index is 0.0202. The molecule has 180 valence electrons. The number of aromatic amines is 1. The number of amides is 1. The lowest BCUT2D eigenvalue weighted by Crippen LogP contribution is -2.44. The SMILES string of the molecule is Cc1nc2cc(C(F)(F)F)c(CNc3ncc(C(=O)N4CCO[C@@H](C)C4)cc3F)cc2c(=O)[nH]1. The van der Waals surface area contributed by atoms with Crippen molar-refractivity contribution >= 4 is 22.6 Å². The zero-order valence-corrected chi connectivity index (χ0v) is 18.3. The summed E-state index contributed by atoms with van der Waals surface area (Å²) in [5.74, 6) is -1.44. The minimum Gasteiger partial charge on any atom is -0.375 e. The Kier molecular flexibility index (Phi) is 6.26. The molecule has 4 rings (SSSR count). The number of fused-ring (bicyclic) bond motifs is 1. The summed E-state index contributed by atoms with van der Waals surface area (Å²) in [5.41, 5.74) is -1.94. The van der Waals surface area contributed by atoms with Crippen LogP contribution in [0.3, 0.4) is 0 Å². The molecule has 8 nitrogen and oxygen atoms in total. The van der Waals surface area contributed by atoms with E-state index in [9.17, 15) is 27.2 Å². The predicted molar refractivity (Wildman–Crippen MR) is 115 cm³/mol. The van der Waals surface area contributed by atoms with E-state index in [1.165, 1.54) is 11.8 Å². The van der Waals surface area contributed by atoms with Gasteiger partial charge in [0.1, 0.15) is 5.82 Å². The Balaban J connectivity index is 1.59. The summed E-state index contributed by atoms with van der Waals surface area (Å²) in [6, 6.07) is 2.86. The second-order valence-electron chi connectivity index (χ2n) is 8.02. The number of nitrogens with zero attached hydrogens (tertiary/aromatic N) is 3. The lowest BCUT2D eigenvalue weighted by molar-refractivity contribution is -0.138. The first-order chi connectivity index (χ1) is 16.0. The van der Waals surface area contributed by atoms with Gasteiger partial charge in [-0.25, -0.2) is 14.4 Å². The first kappa shape index (κ1) is 23.6. The van der Waals surface area contributed by atoms with Crippen LogP contribution < -0.4 is 10.9 Å². The average Bonchev–Trinajstić information content (AvgIpc) is 2.76. The highest BCUT2D eigenvalue weighted by atomic mass is 19.4. The van der Waals surface area contributed by atoms with Gasteiger partial charge < -0.3 is 19.9 Å². The van der Waals surface area contributed by atoms with E-state index in [0.29, 0.717) is 19.7 Å². The van der Waals surface area contributed by atoms with Crippen LogP contribution in [0.1, 0.15) is 34.2 Å². The number of morpholine rings is 1. The van der Waals surface area contributed by atoms with Crippen molar-refractivity contribution in [3.63, 3.8) is 0 Å². The van der Waals surface area contributed by atoms with Crippen LogP contribution >= 0.6 is 0 Å². The fourth-order valence-corrected chi connectivity index (χ4v) is 3.81. The van der Waals surface area contributed by atoms with Crippen molar-refractivity contribution in [1.82, 2.24) is 19.9 Å². The first-order valence-corrected chi connectivity index (χ1v) is 10.4. The molecule has 1 fully saturated rings. The molecule has 0 aliphatic carbocycles. The van der Waals surface area contributed by atoms with E-state index in [4.69, 9.17) is 4.74 Å². The highest BCUT2D eigenvalue weighted by Gasteiger charge is 2.34. The fourth-order valence-electron chi connectivity index (χ4n) is 3.81. The van der Waals surface area contributed by atoms with Crippen LogP contribution in [-0.4, -0.2) is 51.6 Å². The number of hydrogen-bond donors (Lipinski definition) is 2. The highest BCUT2D eigenvalue weighted by Crippen LogP contribution is 2.34. The van der Waals surface area contributed by atoms with E-state index in [0.717, 1.165) is 24.4 Å². The number of rotatable bonds is 4. The van der Waals surface area contributed by atoms with E-state index >= 15 is 0 Å². The van der Waals surface area contributed by atoms with Crippen molar-refractivity contribution in [3.8, 4) is 0 Å². The smallest absolute Gasteiger partial charge is 0.375 e. The molecule has 2 N–H and O–H groups in total. The molecule has 0 spiro atoms. The van der Waals surface area contributed by atoms with E-state index in [2.05, 4.69) is 20.3 Å². The van der Waals surface area contributed by atoms with Gasteiger partial charge in [0.2, 0.25) is 0 Å². The largest absolute Gasteiger partial charge is 0.416 e. The molecule has 1 aromatic carbocycles. The van der Waals surface area contributed by atoms with Gasteiger partial charge in [-0.3, -0.25) is 9.59 Å². The zero-order valence-electron chi connectivity index (χ0n) is 18.3. The number of hydrogen-bond acceptors (Lipinski definition) is 6. The van der Waals surface area contributed by atoms with Crippen LogP contribution in [0.5, 0.6) is 0 Å². The molecule has 1 amide bonds. The van der Waals surface area contributed by atoms with Crippen LogP contribution in [0.2, 0.25) is 0 Å². The monoisotopic (exact) mass is 479 g/mol. The molecule has 0 radical (unpaired) electrons. The Morgan fingerprint density at radius 3 is 2.76 bits per heavy atom. The maximum atomic E-state index is 14.6. The maximum Gasteiger partial charge on any atom is 0.416 e. The van der Waals surface area contributed by atoms with E-state index in [1.807, 2.05) is 6.92 Å². The summed E-state index contributed by atoms with van der Waals surface area (Å²) in [7, 11) is 0. The number of halogens is 4. The fraction of sp³-hybridized carbons (Fsp3) is 0.364. The van der Waals surface area contributed by atoms with Crippen molar-refractivity contribution in [2.75, 3.05) is 25.0 Å². The van der Waals surface area contributed by atoms with Gasteiger partial charge in [0.05, 0.1) is 34.7 Å². The van der Waals surface area contributed by atoms with Gasteiger partial charge in [0.15, 0.2) is 11.6 Å². The quantitative estimate of drug-likeness (QED) is 0.558. The summed E-state index contributed by atoms with van der Waals surface area (Å²) in [6.45, 7) is 3.91. The molecule has 1 atom stereocenters. The molecule has 3 aromatic rings. The summed E-state index contributed by atoms with van der Waals surface area (Å²) >= 11 is 0. The topological polar surface area (TPSA) is 100 Å². The van der Waals surface area contributed by atoms with Gasteiger partial charge >= 0.3 is 6.18 Å². The van der Waals surface area contributed by atoms with Crippen LogP contribution in [0, 0.1) is 12.7 Å². The number of aryl methyl sites for hydroxylation is 1. The molecule has 0 saturated carbocycles. The normalized spacial score (nSPS) is 16.6. The molecular weight excluding hydrogens is 458 g/mol. The number of H-pyrrole nitrogens is 1. The lowest BCUT2D eigenvalue weighted by Gasteiger charge is -2.31. The number of pyridine rings is 1. The number of benzene rings is 1. The Hall–Kier alpha value is -3.54. The van der Waals surface area contributed by atoms with Crippen LogP contribution in [0.15, 0.2) is 29.2 Å². The van der Waals surface area contributed by atoms with E-state index < -0.39 is 35.6 Å². The lowest BCUT2D eigenvalue weighted by atomic mass is 10.0. The average molecular weight is 479 g/mol. The highest BCUT2D eigenvalue weighted by molar-refractivity contribution is 5.94. The maximum absolute atomic E-state index is 14.6. The molecular formula is C22H21F4N5O3. The van der Waals surface area contributed by atoms with Crippen LogP contribution in [0.4, 0.5) is 23.4 Å². The summed E-state index contributed by atoms with van der Waals surface area (Å²) in [6.07, 6.45) is -3.70. The van der Waals surface area contributed by atoms with Crippen molar-refractivity contribution in [3.05, 3.63) is 63.1 Å². The second kappa shape index (κ2) is 9.01. The second-order valence-corrected chi connectivity index (χ2v) is 8.02. The van der Waals surface area contributed by atoms with Gasteiger partial charge in [-0.2, -0.15) is 13.2 Å². The Bertz CT molecular complexity index is 1310. The molecule has 2 aromatic heterocycles. The zero-order chi connectivity index (χ0) is 24.6. The standard InChI is InChI=1S/C22H21F4N5O3/c1-11-10-31(3-4-34-11)21(33)14-6-17(23)19(28-9-14)27-8-13-5-15-18(7-16(13)22(24,25)26)29-12(2)30-20(15)32/h5-7,9,11H,3-4,8,10H2,1-2H3,(H,27,28)(H,29,30,32)/t11-/m0/s1. The summed E-state index contributed by atoms with van der Waals surface area (Å²) in [4.78, 5) is 36.6.